The quantitative estimate of drug-likeness (QED) is 0.443. The lowest BCUT2D eigenvalue weighted by atomic mass is 9.84. The number of hydrogen-bond donors (Lipinski definition) is 1. The first-order valence-electron chi connectivity index (χ1n) is 10.5. The molecule has 0 unspecified atom stereocenters. The normalized spacial score (nSPS) is 12.8. The second-order valence-electron chi connectivity index (χ2n) is 10.3. The summed E-state index contributed by atoms with van der Waals surface area (Å²) in [6.07, 6.45) is 0. The Labute approximate surface area is 186 Å². The molecule has 0 radical (unpaired) electrons. The minimum Gasteiger partial charge on any atom is -0.282 e. The molecule has 0 fully saturated rings. The molecule has 0 atom stereocenters. The van der Waals surface area contributed by atoms with Crippen LogP contribution in [0.25, 0.3) is 22.3 Å². The first-order valence-corrected chi connectivity index (χ1v) is 12.0. The Bertz CT molecular complexity index is 1190. The van der Waals surface area contributed by atoms with E-state index in [1.54, 1.807) is 6.07 Å². The molecule has 164 valence electrons. The number of aryl methyl sites for hydroxylation is 1. The standard InChI is InChI=1S/C27H32O3S/c1-18-8-17-23(31(28,29)30)25(20-11-15-22(16-12-20)27(5,6)7)24(18)19-9-13-21(14-10-19)26(2,3)4/h8-17H,1-7H3,(H,28,29,30). The van der Waals surface area contributed by atoms with E-state index in [9.17, 15) is 13.0 Å². The second kappa shape index (κ2) is 7.92. The first kappa shape index (κ1) is 23.2. The molecule has 0 heterocycles. The summed E-state index contributed by atoms with van der Waals surface area (Å²) in [4.78, 5) is -0.0727. The van der Waals surface area contributed by atoms with Gasteiger partial charge in [0.15, 0.2) is 0 Å². The molecule has 3 aromatic rings. The maximum absolute atomic E-state index is 12.3. The van der Waals surface area contributed by atoms with Gasteiger partial charge in [-0.2, -0.15) is 8.42 Å². The lowest BCUT2D eigenvalue weighted by Gasteiger charge is -2.22. The van der Waals surface area contributed by atoms with Gasteiger partial charge in [-0.25, -0.2) is 0 Å². The molecule has 3 nitrogen and oxygen atoms in total. The molecule has 4 heteroatoms. The van der Waals surface area contributed by atoms with E-state index >= 15 is 0 Å². The maximum Gasteiger partial charge on any atom is 0.295 e. The molecule has 3 aromatic carbocycles. The van der Waals surface area contributed by atoms with Gasteiger partial charge in [-0.05, 0) is 57.2 Å². The smallest absolute Gasteiger partial charge is 0.282 e. The van der Waals surface area contributed by atoms with Gasteiger partial charge < -0.3 is 0 Å². The molecule has 0 aromatic heterocycles. The fourth-order valence-electron chi connectivity index (χ4n) is 3.84. The Kier molecular flexibility index (Phi) is 5.94. The molecular formula is C27H32O3S. The third kappa shape index (κ3) is 4.91. The predicted octanol–water partition coefficient (Wildman–Crippen LogP) is 7.17. The zero-order valence-electron chi connectivity index (χ0n) is 19.4. The van der Waals surface area contributed by atoms with Crippen LogP contribution in [0.5, 0.6) is 0 Å². The molecule has 1 N–H and O–H groups in total. The topological polar surface area (TPSA) is 54.4 Å². The van der Waals surface area contributed by atoms with Crippen molar-refractivity contribution in [3.63, 3.8) is 0 Å². The van der Waals surface area contributed by atoms with Crippen molar-refractivity contribution in [3.05, 3.63) is 77.4 Å². The zero-order chi connectivity index (χ0) is 23.2. The maximum atomic E-state index is 12.3. The summed E-state index contributed by atoms with van der Waals surface area (Å²) in [5.74, 6) is 0. The van der Waals surface area contributed by atoms with Crippen LogP contribution in [0, 0.1) is 6.92 Å². The molecule has 0 saturated carbocycles. The van der Waals surface area contributed by atoms with Gasteiger partial charge >= 0.3 is 0 Å². The van der Waals surface area contributed by atoms with Crippen molar-refractivity contribution < 1.29 is 13.0 Å². The van der Waals surface area contributed by atoms with E-state index in [1.165, 1.54) is 11.6 Å². The highest BCUT2D eigenvalue weighted by atomic mass is 32.2. The Morgan fingerprint density at radius 3 is 1.35 bits per heavy atom. The van der Waals surface area contributed by atoms with Gasteiger partial charge in [0.05, 0.1) is 0 Å². The van der Waals surface area contributed by atoms with Crippen molar-refractivity contribution in [2.75, 3.05) is 0 Å². The highest BCUT2D eigenvalue weighted by Gasteiger charge is 2.23. The van der Waals surface area contributed by atoms with Crippen LogP contribution in [-0.4, -0.2) is 13.0 Å². The second-order valence-corrected chi connectivity index (χ2v) is 11.7. The van der Waals surface area contributed by atoms with Gasteiger partial charge in [0.2, 0.25) is 0 Å². The molecule has 0 amide bonds. The summed E-state index contributed by atoms with van der Waals surface area (Å²) in [7, 11) is -4.40. The van der Waals surface area contributed by atoms with Crippen molar-refractivity contribution in [3.8, 4) is 22.3 Å². The van der Waals surface area contributed by atoms with Crippen LogP contribution in [-0.2, 0) is 20.9 Å². The van der Waals surface area contributed by atoms with Crippen molar-refractivity contribution in [1.29, 1.82) is 0 Å². The summed E-state index contributed by atoms with van der Waals surface area (Å²) >= 11 is 0. The number of hydrogen-bond acceptors (Lipinski definition) is 2. The van der Waals surface area contributed by atoms with E-state index < -0.39 is 10.1 Å². The lowest BCUT2D eigenvalue weighted by molar-refractivity contribution is 0.483. The van der Waals surface area contributed by atoms with Gasteiger partial charge in [-0.3, -0.25) is 4.55 Å². The van der Waals surface area contributed by atoms with Gasteiger partial charge in [0, 0.05) is 5.56 Å². The van der Waals surface area contributed by atoms with Crippen LogP contribution in [0.1, 0.15) is 58.2 Å². The average molecular weight is 437 g/mol. The van der Waals surface area contributed by atoms with E-state index in [4.69, 9.17) is 0 Å². The summed E-state index contributed by atoms with van der Waals surface area (Å²) < 4.78 is 34.6. The monoisotopic (exact) mass is 436 g/mol. The van der Waals surface area contributed by atoms with Crippen LogP contribution < -0.4 is 0 Å². The Balaban J connectivity index is 2.30. The molecule has 0 spiro atoms. The summed E-state index contributed by atoms with van der Waals surface area (Å²) in [6.45, 7) is 14.9. The van der Waals surface area contributed by atoms with Crippen molar-refractivity contribution in [1.82, 2.24) is 0 Å². The molecule has 0 saturated heterocycles. The molecule has 0 aliphatic carbocycles. The van der Waals surface area contributed by atoms with Gasteiger partial charge in [-0.15, -0.1) is 0 Å². The van der Waals surface area contributed by atoms with E-state index in [0.29, 0.717) is 5.56 Å². The van der Waals surface area contributed by atoms with E-state index in [0.717, 1.165) is 27.8 Å². The van der Waals surface area contributed by atoms with Crippen LogP contribution in [0.15, 0.2) is 65.6 Å². The molecule has 0 aliphatic rings. The Morgan fingerprint density at radius 2 is 1.00 bits per heavy atom. The van der Waals surface area contributed by atoms with Crippen LogP contribution >= 0.6 is 0 Å². The highest BCUT2D eigenvalue weighted by Crippen LogP contribution is 2.40. The average Bonchev–Trinajstić information content (AvgIpc) is 2.65. The summed E-state index contributed by atoms with van der Waals surface area (Å²) in [6, 6.07) is 19.4. The lowest BCUT2D eigenvalue weighted by Crippen LogP contribution is -2.11. The molecular weight excluding hydrogens is 404 g/mol. The van der Waals surface area contributed by atoms with E-state index in [1.807, 2.05) is 43.3 Å². The number of rotatable bonds is 3. The van der Waals surface area contributed by atoms with E-state index in [-0.39, 0.29) is 15.7 Å². The SMILES string of the molecule is Cc1ccc(S(=O)(=O)O)c(-c2ccc(C(C)(C)C)cc2)c1-c1ccc(C(C)(C)C)cc1. The predicted molar refractivity (Wildman–Crippen MR) is 129 cm³/mol. The van der Waals surface area contributed by atoms with Crippen LogP contribution in [0.2, 0.25) is 0 Å². The van der Waals surface area contributed by atoms with Crippen molar-refractivity contribution in [2.45, 2.75) is 64.2 Å². The Hall–Kier alpha value is -2.43. The van der Waals surface area contributed by atoms with Crippen molar-refractivity contribution in [2.24, 2.45) is 0 Å². The minimum absolute atomic E-state index is 0.0113. The summed E-state index contributed by atoms with van der Waals surface area (Å²) in [5.41, 5.74) is 6.36. The van der Waals surface area contributed by atoms with Crippen molar-refractivity contribution >= 4 is 10.1 Å². The van der Waals surface area contributed by atoms with Gasteiger partial charge in [-0.1, -0.05) is 96.1 Å². The third-order valence-electron chi connectivity index (χ3n) is 5.73. The number of benzene rings is 3. The highest BCUT2D eigenvalue weighted by molar-refractivity contribution is 7.86. The molecule has 31 heavy (non-hydrogen) atoms. The molecule has 0 aliphatic heterocycles. The largest absolute Gasteiger partial charge is 0.295 e. The van der Waals surface area contributed by atoms with Gasteiger partial charge in [0.1, 0.15) is 4.90 Å². The van der Waals surface area contributed by atoms with E-state index in [2.05, 4.69) is 53.7 Å². The fourth-order valence-corrected chi connectivity index (χ4v) is 4.55. The summed E-state index contributed by atoms with van der Waals surface area (Å²) in [5, 5.41) is 0. The fraction of sp³-hybridized carbons (Fsp3) is 0.333. The molecule has 3 rings (SSSR count). The van der Waals surface area contributed by atoms with Gasteiger partial charge in [0.25, 0.3) is 10.1 Å². The first-order chi connectivity index (χ1) is 14.2. The van der Waals surface area contributed by atoms with Crippen LogP contribution in [0.4, 0.5) is 0 Å². The molecule has 0 bridgehead atoms. The van der Waals surface area contributed by atoms with Crippen LogP contribution in [0.3, 0.4) is 0 Å². The zero-order valence-corrected chi connectivity index (χ0v) is 20.3. The Morgan fingerprint density at radius 1 is 0.613 bits per heavy atom. The minimum atomic E-state index is -4.40. The third-order valence-corrected chi connectivity index (χ3v) is 6.63.